The summed E-state index contributed by atoms with van der Waals surface area (Å²) >= 11 is 1.76. The molecule has 1 fully saturated rings. The van der Waals surface area contributed by atoms with E-state index in [1.807, 2.05) is 4.68 Å². The van der Waals surface area contributed by atoms with Crippen LogP contribution in [-0.2, 0) is 6.54 Å². The Morgan fingerprint density at radius 2 is 1.93 bits per heavy atom. The first kappa shape index (κ1) is 21.0. The van der Waals surface area contributed by atoms with Crippen molar-refractivity contribution in [2.45, 2.75) is 46.7 Å². The summed E-state index contributed by atoms with van der Waals surface area (Å²) < 4.78 is 2.02. The summed E-state index contributed by atoms with van der Waals surface area (Å²) in [5, 5.41) is 15.0. The Kier molecular flexibility index (Phi) is 6.49. The number of rotatable bonds is 7. The smallest absolute Gasteiger partial charge is 0.209 e. The molecule has 1 saturated heterocycles. The van der Waals surface area contributed by atoms with Gasteiger partial charge >= 0.3 is 0 Å². The Labute approximate surface area is 183 Å². The summed E-state index contributed by atoms with van der Waals surface area (Å²) in [4.78, 5) is 5.45. The highest BCUT2D eigenvalue weighted by Gasteiger charge is 2.33. The summed E-state index contributed by atoms with van der Waals surface area (Å²) in [7, 11) is 0. The molecular weight excluding hydrogens is 392 g/mol. The van der Waals surface area contributed by atoms with E-state index in [9.17, 15) is 0 Å². The molecule has 0 amide bonds. The zero-order chi connectivity index (χ0) is 21.1. The molecule has 4 rings (SSSR count). The third-order valence-electron chi connectivity index (χ3n) is 6.07. The SMILES string of the molecule is Cc1ccc(C)c(N2CC[NH+]([C@H](CC(C)C)c3nnnn3Cc3cccs3)CC2)c1. The second-order valence-corrected chi connectivity index (χ2v) is 9.92. The molecule has 30 heavy (non-hydrogen) atoms. The highest BCUT2D eigenvalue weighted by molar-refractivity contribution is 7.09. The molecule has 0 unspecified atom stereocenters. The lowest BCUT2D eigenvalue weighted by molar-refractivity contribution is -0.934. The minimum atomic E-state index is 0.334. The standard InChI is InChI=1S/C23H32N6S/c1-17(2)14-22(23-24-25-26-29(23)16-20-6-5-13-30-20)28-11-9-27(10-12-28)21-15-18(3)7-8-19(21)4/h5-8,13,15,17,22H,9-12,14,16H2,1-4H3/p+1/t22-/m1/s1. The third-order valence-corrected chi connectivity index (χ3v) is 6.93. The van der Waals surface area contributed by atoms with Crippen LogP contribution < -0.4 is 9.80 Å². The van der Waals surface area contributed by atoms with Gasteiger partial charge in [-0.1, -0.05) is 32.0 Å². The van der Waals surface area contributed by atoms with Crippen molar-refractivity contribution in [3.8, 4) is 0 Å². The van der Waals surface area contributed by atoms with Crippen LogP contribution in [0.15, 0.2) is 35.7 Å². The summed E-state index contributed by atoms with van der Waals surface area (Å²) in [6, 6.07) is 11.3. The lowest BCUT2D eigenvalue weighted by atomic mass is 10.0. The van der Waals surface area contributed by atoms with Gasteiger partial charge in [-0.15, -0.1) is 16.4 Å². The van der Waals surface area contributed by atoms with Gasteiger partial charge in [0.05, 0.1) is 32.7 Å². The molecule has 0 spiro atoms. The Morgan fingerprint density at radius 1 is 1.13 bits per heavy atom. The minimum Gasteiger partial charge on any atom is -0.360 e. The van der Waals surface area contributed by atoms with Crippen molar-refractivity contribution in [2.24, 2.45) is 5.92 Å². The number of nitrogens with one attached hydrogen (secondary N) is 1. The van der Waals surface area contributed by atoms with Gasteiger partial charge in [-0.05, 0) is 58.8 Å². The average molecular weight is 426 g/mol. The number of nitrogens with zero attached hydrogens (tertiary/aromatic N) is 5. The van der Waals surface area contributed by atoms with Crippen LogP contribution in [0.4, 0.5) is 5.69 Å². The fourth-order valence-electron chi connectivity index (χ4n) is 4.49. The number of hydrogen-bond acceptors (Lipinski definition) is 5. The molecule has 3 aromatic rings. The number of thiophene rings is 1. The van der Waals surface area contributed by atoms with Gasteiger partial charge in [0.25, 0.3) is 0 Å². The summed E-state index contributed by atoms with van der Waals surface area (Å²) in [5.41, 5.74) is 4.08. The van der Waals surface area contributed by atoms with Gasteiger partial charge in [-0.25, -0.2) is 4.68 Å². The van der Waals surface area contributed by atoms with Gasteiger partial charge in [0, 0.05) is 17.0 Å². The van der Waals surface area contributed by atoms with E-state index < -0.39 is 0 Å². The van der Waals surface area contributed by atoms with Crippen molar-refractivity contribution >= 4 is 17.0 Å². The molecule has 2 aromatic heterocycles. The normalized spacial score (nSPS) is 16.4. The number of piperazine rings is 1. The van der Waals surface area contributed by atoms with Crippen molar-refractivity contribution in [3.63, 3.8) is 0 Å². The van der Waals surface area contributed by atoms with Crippen LogP contribution in [0.3, 0.4) is 0 Å². The molecule has 1 atom stereocenters. The Balaban J connectivity index is 1.51. The van der Waals surface area contributed by atoms with Gasteiger partial charge in [0.1, 0.15) is 6.04 Å². The Hall–Kier alpha value is -2.25. The maximum Gasteiger partial charge on any atom is 0.209 e. The second kappa shape index (κ2) is 9.27. The van der Waals surface area contributed by atoms with E-state index in [1.165, 1.54) is 21.7 Å². The summed E-state index contributed by atoms with van der Waals surface area (Å²) in [6.07, 6.45) is 1.10. The second-order valence-electron chi connectivity index (χ2n) is 8.89. The molecule has 0 aliphatic carbocycles. The first-order valence-corrected chi connectivity index (χ1v) is 11.8. The van der Waals surface area contributed by atoms with Crippen LogP contribution in [0.2, 0.25) is 0 Å². The predicted molar refractivity (Wildman–Crippen MR) is 122 cm³/mol. The molecule has 1 N–H and O–H groups in total. The molecule has 1 aliphatic rings. The predicted octanol–water partition coefficient (Wildman–Crippen LogP) is 2.89. The zero-order valence-corrected chi connectivity index (χ0v) is 19.3. The summed E-state index contributed by atoms with van der Waals surface area (Å²) in [6.45, 7) is 14.1. The van der Waals surface area contributed by atoms with Crippen LogP contribution >= 0.6 is 11.3 Å². The molecule has 3 heterocycles. The highest BCUT2D eigenvalue weighted by Crippen LogP contribution is 2.23. The monoisotopic (exact) mass is 425 g/mol. The first-order chi connectivity index (χ1) is 14.5. The van der Waals surface area contributed by atoms with Crippen molar-refractivity contribution in [1.82, 2.24) is 20.2 Å². The minimum absolute atomic E-state index is 0.334. The van der Waals surface area contributed by atoms with Crippen LogP contribution in [0.25, 0.3) is 0 Å². The number of aromatic nitrogens is 4. The van der Waals surface area contributed by atoms with E-state index in [-0.39, 0.29) is 0 Å². The lowest BCUT2D eigenvalue weighted by Gasteiger charge is -2.38. The van der Waals surface area contributed by atoms with E-state index in [2.05, 4.69) is 83.8 Å². The molecule has 0 bridgehead atoms. The van der Waals surface area contributed by atoms with Crippen LogP contribution in [0.1, 0.15) is 48.1 Å². The third kappa shape index (κ3) is 4.73. The van der Waals surface area contributed by atoms with Crippen LogP contribution in [0, 0.1) is 19.8 Å². The number of tetrazole rings is 1. The lowest BCUT2D eigenvalue weighted by Crippen LogP contribution is -3.15. The Bertz CT molecular complexity index is 941. The fourth-order valence-corrected chi connectivity index (χ4v) is 5.18. The first-order valence-electron chi connectivity index (χ1n) is 11.0. The fraction of sp³-hybridized carbons (Fsp3) is 0.522. The number of hydrogen-bond donors (Lipinski definition) is 1. The quantitative estimate of drug-likeness (QED) is 0.632. The number of aryl methyl sites for hydroxylation is 2. The van der Waals surface area contributed by atoms with Gasteiger partial charge in [-0.3, -0.25) is 0 Å². The topological polar surface area (TPSA) is 51.3 Å². The van der Waals surface area contributed by atoms with Gasteiger partial charge in [0.2, 0.25) is 5.82 Å². The van der Waals surface area contributed by atoms with E-state index in [1.54, 1.807) is 16.2 Å². The van der Waals surface area contributed by atoms with Gasteiger partial charge in [0.15, 0.2) is 0 Å². The van der Waals surface area contributed by atoms with Crippen LogP contribution in [-0.4, -0.2) is 46.4 Å². The molecule has 7 heteroatoms. The zero-order valence-electron chi connectivity index (χ0n) is 18.5. The molecular formula is C23H33N6S+. The van der Waals surface area contributed by atoms with Gasteiger partial charge < -0.3 is 9.80 Å². The molecule has 1 aliphatic heterocycles. The molecule has 0 radical (unpaired) electrons. The van der Waals surface area contributed by atoms with E-state index in [0.717, 1.165) is 45.0 Å². The number of anilines is 1. The van der Waals surface area contributed by atoms with Crippen molar-refractivity contribution < 1.29 is 4.90 Å². The molecule has 160 valence electrons. The number of benzene rings is 1. The van der Waals surface area contributed by atoms with E-state index in [4.69, 9.17) is 0 Å². The van der Waals surface area contributed by atoms with Crippen molar-refractivity contribution in [3.05, 3.63) is 57.5 Å². The average Bonchev–Trinajstić information content (AvgIpc) is 3.41. The molecule has 0 saturated carbocycles. The molecule has 1 aromatic carbocycles. The van der Waals surface area contributed by atoms with Gasteiger partial charge in [-0.2, -0.15) is 0 Å². The maximum absolute atomic E-state index is 4.50. The molecule has 6 nitrogen and oxygen atoms in total. The van der Waals surface area contributed by atoms with E-state index >= 15 is 0 Å². The number of quaternary nitrogens is 1. The Morgan fingerprint density at radius 3 is 2.63 bits per heavy atom. The van der Waals surface area contributed by atoms with Crippen LogP contribution in [0.5, 0.6) is 0 Å². The van der Waals surface area contributed by atoms with Crippen molar-refractivity contribution in [1.29, 1.82) is 0 Å². The van der Waals surface area contributed by atoms with Crippen molar-refractivity contribution in [2.75, 3.05) is 31.1 Å². The summed E-state index contributed by atoms with van der Waals surface area (Å²) in [5.74, 6) is 1.64. The van der Waals surface area contributed by atoms with E-state index in [0.29, 0.717) is 12.0 Å². The largest absolute Gasteiger partial charge is 0.360 e. The highest BCUT2D eigenvalue weighted by atomic mass is 32.1. The maximum atomic E-state index is 4.50.